The van der Waals surface area contributed by atoms with Crippen LogP contribution in [0.5, 0.6) is 0 Å². The summed E-state index contributed by atoms with van der Waals surface area (Å²) in [6.07, 6.45) is 1.47. The molecule has 0 saturated heterocycles. The van der Waals surface area contributed by atoms with Crippen molar-refractivity contribution in [3.05, 3.63) is 53.0 Å². The molecule has 1 aromatic heterocycles. The first-order chi connectivity index (χ1) is 11.0. The van der Waals surface area contributed by atoms with Crippen molar-refractivity contribution in [2.24, 2.45) is 0 Å². The van der Waals surface area contributed by atoms with Gasteiger partial charge in [0.05, 0.1) is 6.54 Å². The molecule has 2 N–H and O–H groups in total. The molecule has 2 amide bonds. The number of hydrogen-bond donors (Lipinski definition) is 2. The monoisotopic (exact) mass is 322 g/mol. The normalized spacial score (nSPS) is 10.4. The van der Waals surface area contributed by atoms with Gasteiger partial charge in [0.25, 0.3) is 0 Å². The second-order valence-corrected chi connectivity index (χ2v) is 4.81. The molecule has 0 radical (unpaired) electrons. The van der Waals surface area contributed by atoms with E-state index in [1.807, 2.05) is 0 Å². The van der Waals surface area contributed by atoms with E-state index < -0.39 is 17.7 Å². The van der Waals surface area contributed by atoms with Crippen molar-refractivity contribution in [1.82, 2.24) is 15.3 Å². The highest BCUT2D eigenvalue weighted by Crippen LogP contribution is 2.14. The number of methoxy groups -OCH3 is 1. The van der Waals surface area contributed by atoms with Crippen molar-refractivity contribution in [2.45, 2.75) is 20.1 Å². The first-order valence-corrected chi connectivity index (χ1v) is 6.80. The molecule has 1 aromatic carbocycles. The number of urea groups is 1. The first kappa shape index (κ1) is 16.8. The zero-order valence-corrected chi connectivity index (χ0v) is 12.7. The van der Waals surface area contributed by atoms with Gasteiger partial charge in [-0.1, -0.05) is 0 Å². The molecule has 0 saturated carbocycles. The van der Waals surface area contributed by atoms with E-state index in [-0.39, 0.29) is 24.5 Å². The number of benzene rings is 1. The number of hydrogen-bond acceptors (Lipinski definition) is 4. The van der Waals surface area contributed by atoms with Gasteiger partial charge in [0.1, 0.15) is 24.1 Å². The third kappa shape index (κ3) is 4.68. The molecule has 0 atom stereocenters. The number of aromatic nitrogens is 2. The minimum Gasteiger partial charge on any atom is -0.377 e. The molecule has 2 rings (SSSR count). The molecule has 0 bridgehead atoms. The summed E-state index contributed by atoms with van der Waals surface area (Å²) in [6, 6.07) is 3.27. The van der Waals surface area contributed by atoms with Crippen molar-refractivity contribution in [3.63, 3.8) is 0 Å². The number of anilines is 1. The summed E-state index contributed by atoms with van der Waals surface area (Å²) in [5, 5.41) is 4.84. The Kier molecular flexibility index (Phi) is 5.53. The number of nitrogens with one attached hydrogen (secondary N) is 2. The largest absolute Gasteiger partial charge is 0.377 e. The van der Waals surface area contributed by atoms with E-state index >= 15 is 0 Å². The summed E-state index contributed by atoms with van der Waals surface area (Å²) in [5.74, 6) is -0.741. The lowest BCUT2D eigenvalue weighted by Crippen LogP contribution is -2.29. The molecular formula is C15H16F2N4O2. The van der Waals surface area contributed by atoms with Crippen molar-refractivity contribution < 1.29 is 18.3 Å². The Labute approximate surface area is 131 Å². The highest BCUT2D eigenvalue weighted by Gasteiger charge is 2.11. The average molecular weight is 322 g/mol. The van der Waals surface area contributed by atoms with Gasteiger partial charge in [-0.25, -0.2) is 23.5 Å². The fourth-order valence-electron chi connectivity index (χ4n) is 1.90. The summed E-state index contributed by atoms with van der Waals surface area (Å²) in [6.45, 7) is 1.51. The van der Waals surface area contributed by atoms with E-state index in [4.69, 9.17) is 4.74 Å². The molecule has 2 aromatic rings. The Morgan fingerprint density at radius 3 is 2.65 bits per heavy atom. The van der Waals surface area contributed by atoms with E-state index in [1.54, 1.807) is 6.92 Å². The van der Waals surface area contributed by atoms with Gasteiger partial charge < -0.3 is 10.1 Å². The van der Waals surface area contributed by atoms with E-state index in [2.05, 4.69) is 20.6 Å². The standard InChI is InChI=1S/C15H16F2N4O2/c1-9-5-11(16)10(12(17)6-9)7-19-15(22)21-13-3-4-18-14(20-13)8-23-2/h3-6H,7-8H2,1-2H3,(H2,18,19,20,21,22). The second-order valence-electron chi connectivity index (χ2n) is 4.81. The minimum atomic E-state index is -0.702. The van der Waals surface area contributed by atoms with Crippen LogP contribution in [0.25, 0.3) is 0 Å². The zero-order valence-electron chi connectivity index (χ0n) is 12.7. The highest BCUT2D eigenvalue weighted by molar-refractivity contribution is 5.88. The SMILES string of the molecule is COCc1nccc(NC(=O)NCc2c(F)cc(C)cc2F)n1. The minimum absolute atomic E-state index is 0.200. The molecule has 8 heteroatoms. The van der Waals surface area contributed by atoms with Crippen molar-refractivity contribution in [3.8, 4) is 0 Å². The smallest absolute Gasteiger partial charge is 0.320 e. The number of rotatable bonds is 5. The highest BCUT2D eigenvalue weighted by atomic mass is 19.1. The molecule has 0 spiro atoms. The number of amides is 2. The molecule has 0 aliphatic carbocycles. The lowest BCUT2D eigenvalue weighted by Gasteiger charge is -2.09. The van der Waals surface area contributed by atoms with Crippen LogP contribution in [0.2, 0.25) is 0 Å². The molecule has 0 aliphatic heterocycles. The number of carbonyl (C=O) groups is 1. The van der Waals surface area contributed by atoms with E-state index in [1.165, 1.54) is 31.5 Å². The Balaban J connectivity index is 1.97. The summed E-state index contributed by atoms with van der Waals surface area (Å²) in [7, 11) is 1.50. The predicted molar refractivity (Wildman–Crippen MR) is 79.7 cm³/mol. The molecule has 23 heavy (non-hydrogen) atoms. The Morgan fingerprint density at radius 1 is 1.30 bits per heavy atom. The fraction of sp³-hybridized carbons (Fsp3) is 0.267. The van der Waals surface area contributed by atoms with Gasteiger partial charge in [-0.2, -0.15) is 0 Å². The maximum Gasteiger partial charge on any atom is 0.320 e. The zero-order chi connectivity index (χ0) is 16.8. The van der Waals surface area contributed by atoms with Gasteiger partial charge >= 0.3 is 6.03 Å². The number of nitrogens with zero attached hydrogens (tertiary/aromatic N) is 2. The lowest BCUT2D eigenvalue weighted by molar-refractivity contribution is 0.178. The third-order valence-electron chi connectivity index (χ3n) is 2.93. The fourth-order valence-corrected chi connectivity index (χ4v) is 1.90. The maximum atomic E-state index is 13.7. The van der Waals surface area contributed by atoms with Crippen LogP contribution in [0.4, 0.5) is 19.4 Å². The Morgan fingerprint density at radius 2 is 2.00 bits per heavy atom. The number of halogens is 2. The molecular weight excluding hydrogens is 306 g/mol. The van der Waals surface area contributed by atoms with Crippen LogP contribution in [-0.2, 0) is 17.9 Å². The maximum absolute atomic E-state index is 13.7. The lowest BCUT2D eigenvalue weighted by atomic mass is 10.1. The van der Waals surface area contributed by atoms with Gasteiger partial charge in [0.2, 0.25) is 0 Å². The van der Waals surface area contributed by atoms with Gasteiger partial charge in [0.15, 0.2) is 5.82 Å². The molecule has 0 fully saturated rings. The summed E-state index contributed by atoms with van der Waals surface area (Å²) in [4.78, 5) is 19.8. The average Bonchev–Trinajstić information content (AvgIpc) is 2.46. The van der Waals surface area contributed by atoms with Crippen LogP contribution in [0.15, 0.2) is 24.4 Å². The molecule has 122 valence electrons. The second kappa shape index (κ2) is 7.59. The van der Waals surface area contributed by atoms with Gasteiger partial charge in [-0.3, -0.25) is 5.32 Å². The van der Waals surface area contributed by atoms with Crippen molar-refractivity contribution in [1.29, 1.82) is 0 Å². The van der Waals surface area contributed by atoms with Crippen molar-refractivity contribution >= 4 is 11.8 Å². The van der Waals surface area contributed by atoms with Crippen LogP contribution >= 0.6 is 0 Å². The Bertz CT molecular complexity index is 687. The summed E-state index contributed by atoms with van der Waals surface area (Å²) < 4.78 is 32.3. The van der Waals surface area contributed by atoms with Gasteiger partial charge in [-0.05, 0) is 30.7 Å². The first-order valence-electron chi connectivity index (χ1n) is 6.80. The summed E-state index contributed by atoms with van der Waals surface area (Å²) >= 11 is 0. The number of aryl methyl sites for hydroxylation is 1. The van der Waals surface area contributed by atoms with Crippen LogP contribution in [-0.4, -0.2) is 23.1 Å². The quantitative estimate of drug-likeness (QED) is 0.887. The molecule has 0 aliphatic rings. The van der Waals surface area contributed by atoms with Crippen LogP contribution < -0.4 is 10.6 Å². The summed E-state index contributed by atoms with van der Waals surface area (Å²) in [5.41, 5.74) is 0.272. The molecule has 1 heterocycles. The van der Waals surface area contributed by atoms with Crippen LogP contribution in [0, 0.1) is 18.6 Å². The predicted octanol–water partition coefficient (Wildman–Crippen LogP) is 2.53. The Hall–Kier alpha value is -2.61. The third-order valence-corrected chi connectivity index (χ3v) is 2.93. The molecule has 6 nitrogen and oxygen atoms in total. The topological polar surface area (TPSA) is 76.1 Å². The van der Waals surface area contributed by atoms with Gasteiger partial charge in [-0.15, -0.1) is 0 Å². The van der Waals surface area contributed by atoms with Crippen LogP contribution in [0.3, 0.4) is 0 Å². The number of carbonyl (C=O) groups excluding carboxylic acids is 1. The van der Waals surface area contributed by atoms with E-state index in [0.717, 1.165) is 0 Å². The van der Waals surface area contributed by atoms with E-state index in [9.17, 15) is 13.6 Å². The number of ether oxygens (including phenoxy) is 1. The van der Waals surface area contributed by atoms with E-state index in [0.29, 0.717) is 11.4 Å². The molecule has 0 unspecified atom stereocenters. The van der Waals surface area contributed by atoms with Gasteiger partial charge in [0, 0.05) is 18.9 Å². The van der Waals surface area contributed by atoms with Crippen LogP contribution in [0.1, 0.15) is 17.0 Å². The van der Waals surface area contributed by atoms with Crippen molar-refractivity contribution in [2.75, 3.05) is 12.4 Å².